The Kier molecular flexibility index (Phi) is 5.55. The lowest BCUT2D eigenvalue weighted by Gasteiger charge is -2.31. The Morgan fingerprint density at radius 3 is 2.44 bits per heavy atom. The lowest BCUT2D eigenvalue weighted by Crippen LogP contribution is -2.47. The van der Waals surface area contributed by atoms with Crippen LogP contribution in [0.3, 0.4) is 0 Å². The highest BCUT2D eigenvalue weighted by atomic mass is 32.2. The first kappa shape index (κ1) is 15.4. The van der Waals surface area contributed by atoms with Gasteiger partial charge in [-0.2, -0.15) is 0 Å². The maximum Gasteiger partial charge on any atom is 0.221 e. The van der Waals surface area contributed by atoms with E-state index >= 15 is 0 Å². The van der Waals surface area contributed by atoms with Crippen molar-refractivity contribution in [1.29, 1.82) is 0 Å². The molecular weight excluding hydrogens is 254 g/mol. The van der Waals surface area contributed by atoms with E-state index in [1.54, 1.807) is 13.8 Å². The summed E-state index contributed by atoms with van der Waals surface area (Å²) in [6.45, 7) is 4.40. The van der Waals surface area contributed by atoms with Crippen molar-refractivity contribution in [2.45, 2.75) is 45.2 Å². The minimum atomic E-state index is -3.09. The maximum absolute atomic E-state index is 11.7. The Morgan fingerprint density at radius 1 is 1.44 bits per heavy atom. The molecule has 18 heavy (non-hydrogen) atoms. The molecule has 1 amide bonds. The van der Waals surface area contributed by atoms with Gasteiger partial charge in [0.15, 0.2) is 0 Å². The van der Waals surface area contributed by atoms with Gasteiger partial charge in [-0.25, -0.2) is 12.7 Å². The zero-order valence-corrected chi connectivity index (χ0v) is 11.9. The summed E-state index contributed by atoms with van der Waals surface area (Å²) >= 11 is 0. The van der Waals surface area contributed by atoms with Gasteiger partial charge in [-0.1, -0.05) is 0 Å². The van der Waals surface area contributed by atoms with E-state index in [0.29, 0.717) is 32.4 Å². The third kappa shape index (κ3) is 4.55. The van der Waals surface area contributed by atoms with Crippen LogP contribution in [0.15, 0.2) is 0 Å². The standard InChI is InChI=1S/C11H23N3O3S/c1-3-18(16,17)14-6-4-10(5-7-14)13-11(15)8-9(2)12/h9-10H,3-8,12H2,1-2H3,(H,13,15). The smallest absolute Gasteiger partial charge is 0.221 e. The van der Waals surface area contributed by atoms with Crippen molar-refractivity contribution >= 4 is 15.9 Å². The fourth-order valence-electron chi connectivity index (χ4n) is 2.04. The fraction of sp³-hybridized carbons (Fsp3) is 0.909. The molecule has 1 aliphatic rings. The molecular formula is C11H23N3O3S. The van der Waals surface area contributed by atoms with Crippen molar-refractivity contribution in [3.63, 3.8) is 0 Å². The van der Waals surface area contributed by atoms with E-state index in [1.165, 1.54) is 4.31 Å². The molecule has 6 nitrogen and oxygen atoms in total. The molecule has 7 heteroatoms. The van der Waals surface area contributed by atoms with E-state index in [4.69, 9.17) is 5.73 Å². The normalized spacial score (nSPS) is 20.6. The Balaban J connectivity index is 2.38. The molecule has 1 aliphatic heterocycles. The quantitative estimate of drug-likeness (QED) is 0.718. The second-order valence-electron chi connectivity index (χ2n) is 4.82. The lowest BCUT2D eigenvalue weighted by molar-refractivity contribution is -0.122. The molecule has 0 radical (unpaired) electrons. The van der Waals surface area contributed by atoms with Crippen LogP contribution in [0.1, 0.15) is 33.1 Å². The van der Waals surface area contributed by atoms with Crippen LogP contribution < -0.4 is 11.1 Å². The summed E-state index contributed by atoms with van der Waals surface area (Å²) in [7, 11) is -3.09. The number of hydrogen-bond acceptors (Lipinski definition) is 4. The number of nitrogens with one attached hydrogen (secondary N) is 1. The number of amides is 1. The molecule has 1 rings (SSSR count). The van der Waals surface area contributed by atoms with Crippen molar-refractivity contribution in [2.75, 3.05) is 18.8 Å². The van der Waals surface area contributed by atoms with Crippen LogP contribution in [0.25, 0.3) is 0 Å². The summed E-state index contributed by atoms with van der Waals surface area (Å²) in [5, 5.41) is 2.90. The molecule has 0 aliphatic carbocycles. The van der Waals surface area contributed by atoms with E-state index in [0.717, 1.165) is 0 Å². The van der Waals surface area contributed by atoms with Crippen LogP contribution in [-0.4, -0.2) is 49.6 Å². The van der Waals surface area contributed by atoms with Crippen LogP contribution in [0.5, 0.6) is 0 Å². The summed E-state index contributed by atoms with van der Waals surface area (Å²) in [6.07, 6.45) is 1.65. The fourth-order valence-corrected chi connectivity index (χ4v) is 3.17. The molecule has 1 atom stereocenters. The summed E-state index contributed by atoms with van der Waals surface area (Å²) in [4.78, 5) is 11.5. The number of nitrogens with zero attached hydrogens (tertiary/aromatic N) is 1. The van der Waals surface area contributed by atoms with Crippen molar-refractivity contribution in [1.82, 2.24) is 9.62 Å². The largest absolute Gasteiger partial charge is 0.353 e. The number of carbonyl (C=O) groups is 1. The predicted octanol–water partition coefficient (Wildman–Crippen LogP) is -0.346. The SMILES string of the molecule is CCS(=O)(=O)N1CCC(NC(=O)CC(C)N)CC1. The Hall–Kier alpha value is -0.660. The molecule has 106 valence electrons. The van der Waals surface area contributed by atoms with Gasteiger partial charge in [-0.15, -0.1) is 0 Å². The summed E-state index contributed by atoms with van der Waals surface area (Å²) in [5.41, 5.74) is 5.55. The Labute approximate surface area is 109 Å². The minimum Gasteiger partial charge on any atom is -0.353 e. The zero-order valence-electron chi connectivity index (χ0n) is 11.1. The number of piperidine rings is 1. The first-order chi connectivity index (χ1) is 8.35. The van der Waals surface area contributed by atoms with Gasteiger partial charge in [0.1, 0.15) is 0 Å². The monoisotopic (exact) mass is 277 g/mol. The molecule has 0 spiro atoms. The molecule has 3 N–H and O–H groups in total. The third-order valence-corrected chi connectivity index (χ3v) is 4.97. The van der Waals surface area contributed by atoms with Gasteiger partial charge >= 0.3 is 0 Å². The highest BCUT2D eigenvalue weighted by Crippen LogP contribution is 2.14. The number of hydrogen-bond donors (Lipinski definition) is 2. The summed E-state index contributed by atoms with van der Waals surface area (Å²) in [5.74, 6) is 0.0798. The van der Waals surface area contributed by atoms with E-state index in [1.807, 2.05) is 0 Å². The third-order valence-electron chi connectivity index (χ3n) is 3.08. The van der Waals surface area contributed by atoms with E-state index in [2.05, 4.69) is 5.32 Å². The predicted molar refractivity (Wildman–Crippen MR) is 70.5 cm³/mol. The van der Waals surface area contributed by atoms with Gasteiger partial charge in [0.25, 0.3) is 0 Å². The zero-order chi connectivity index (χ0) is 13.8. The van der Waals surface area contributed by atoms with E-state index < -0.39 is 10.0 Å². The van der Waals surface area contributed by atoms with Crippen LogP contribution >= 0.6 is 0 Å². The Bertz CT molecular complexity index is 373. The first-order valence-corrected chi connectivity index (χ1v) is 7.99. The molecule has 0 aromatic heterocycles. The minimum absolute atomic E-state index is 0.0539. The first-order valence-electron chi connectivity index (χ1n) is 6.38. The Morgan fingerprint density at radius 2 is 2.00 bits per heavy atom. The lowest BCUT2D eigenvalue weighted by atomic mass is 10.1. The van der Waals surface area contributed by atoms with Gasteiger partial charge in [-0.3, -0.25) is 4.79 Å². The van der Waals surface area contributed by atoms with Gasteiger partial charge < -0.3 is 11.1 Å². The highest BCUT2D eigenvalue weighted by Gasteiger charge is 2.27. The summed E-state index contributed by atoms with van der Waals surface area (Å²) < 4.78 is 24.8. The molecule has 0 aromatic carbocycles. The second-order valence-corrected chi connectivity index (χ2v) is 7.08. The van der Waals surface area contributed by atoms with E-state index in [-0.39, 0.29) is 23.7 Å². The number of carbonyl (C=O) groups excluding carboxylic acids is 1. The summed E-state index contributed by atoms with van der Waals surface area (Å²) in [6, 6.07) is -0.0786. The average molecular weight is 277 g/mol. The molecule has 1 unspecified atom stereocenters. The van der Waals surface area contributed by atoms with Gasteiger partial charge in [-0.05, 0) is 26.7 Å². The molecule has 0 saturated carbocycles. The molecule has 0 bridgehead atoms. The van der Waals surface area contributed by atoms with Gasteiger partial charge in [0, 0.05) is 31.6 Å². The molecule has 1 saturated heterocycles. The number of nitrogens with two attached hydrogens (primary N) is 1. The highest BCUT2D eigenvalue weighted by molar-refractivity contribution is 7.89. The molecule has 1 heterocycles. The van der Waals surface area contributed by atoms with Crippen molar-refractivity contribution < 1.29 is 13.2 Å². The van der Waals surface area contributed by atoms with Crippen molar-refractivity contribution in [3.05, 3.63) is 0 Å². The number of sulfonamides is 1. The topological polar surface area (TPSA) is 92.5 Å². The van der Waals surface area contributed by atoms with E-state index in [9.17, 15) is 13.2 Å². The van der Waals surface area contributed by atoms with Gasteiger partial charge in [0.2, 0.25) is 15.9 Å². The van der Waals surface area contributed by atoms with Crippen LogP contribution in [0.4, 0.5) is 0 Å². The van der Waals surface area contributed by atoms with Crippen LogP contribution in [0, 0.1) is 0 Å². The van der Waals surface area contributed by atoms with Crippen molar-refractivity contribution in [3.8, 4) is 0 Å². The second kappa shape index (κ2) is 6.49. The van der Waals surface area contributed by atoms with Crippen molar-refractivity contribution in [2.24, 2.45) is 5.73 Å². The van der Waals surface area contributed by atoms with Crippen LogP contribution in [0.2, 0.25) is 0 Å². The molecule has 0 aromatic rings. The van der Waals surface area contributed by atoms with Gasteiger partial charge in [0.05, 0.1) is 5.75 Å². The number of rotatable bonds is 5. The maximum atomic E-state index is 11.7. The van der Waals surface area contributed by atoms with Crippen LogP contribution in [-0.2, 0) is 14.8 Å². The average Bonchev–Trinajstić information content (AvgIpc) is 2.28. The molecule has 1 fully saturated rings.